The Labute approximate surface area is 161 Å². The maximum Gasteiger partial charge on any atom is 0.162 e. The van der Waals surface area contributed by atoms with E-state index >= 15 is 0 Å². The Morgan fingerprint density at radius 3 is 2.37 bits per heavy atom. The Morgan fingerprint density at radius 2 is 1.70 bits per heavy atom. The van der Waals surface area contributed by atoms with E-state index in [4.69, 9.17) is 18.9 Å². The quantitative estimate of drug-likeness (QED) is 0.703. The van der Waals surface area contributed by atoms with Crippen molar-refractivity contribution in [2.75, 3.05) is 40.0 Å². The number of hydrogen-bond acceptors (Lipinski definition) is 5. The molecule has 2 aromatic rings. The predicted octanol–water partition coefficient (Wildman–Crippen LogP) is 3.93. The molecule has 1 aliphatic rings. The molecule has 2 unspecified atom stereocenters. The van der Waals surface area contributed by atoms with E-state index in [0.717, 1.165) is 35.9 Å². The van der Waals surface area contributed by atoms with Gasteiger partial charge in [0, 0.05) is 13.1 Å². The first-order valence-corrected chi connectivity index (χ1v) is 9.62. The van der Waals surface area contributed by atoms with E-state index in [9.17, 15) is 0 Å². The van der Waals surface area contributed by atoms with E-state index in [1.807, 2.05) is 50.2 Å². The lowest BCUT2D eigenvalue weighted by atomic mass is 10.0. The number of nitrogens with zero attached hydrogens (tertiary/aromatic N) is 1. The number of hydrogen-bond donors (Lipinski definition) is 0. The van der Waals surface area contributed by atoms with Crippen LogP contribution in [0.25, 0.3) is 0 Å². The summed E-state index contributed by atoms with van der Waals surface area (Å²) in [6.45, 7) is 7.65. The standard InChI is InChI=1S/C22H29NO4/c1-4-24-18-12-10-17(11-13-18)22(21-16-23(3)14-15-26-21)27-20-9-7-6-8-19(20)25-5-2/h6-13,21-22H,4-5,14-16H2,1-3H3. The molecule has 3 rings (SSSR count). The van der Waals surface area contributed by atoms with Gasteiger partial charge in [0.15, 0.2) is 17.6 Å². The van der Waals surface area contributed by atoms with Crippen LogP contribution in [0.1, 0.15) is 25.5 Å². The Bertz CT molecular complexity index is 704. The molecular formula is C22H29NO4. The molecule has 1 heterocycles. The van der Waals surface area contributed by atoms with Crippen LogP contribution in [-0.2, 0) is 4.74 Å². The average molecular weight is 371 g/mol. The van der Waals surface area contributed by atoms with Gasteiger partial charge >= 0.3 is 0 Å². The van der Waals surface area contributed by atoms with Crippen molar-refractivity contribution in [3.8, 4) is 17.2 Å². The van der Waals surface area contributed by atoms with Crippen molar-refractivity contribution in [1.82, 2.24) is 4.90 Å². The van der Waals surface area contributed by atoms with Crippen LogP contribution in [0.5, 0.6) is 17.2 Å². The van der Waals surface area contributed by atoms with Crippen molar-refractivity contribution < 1.29 is 18.9 Å². The first-order chi connectivity index (χ1) is 13.2. The lowest BCUT2D eigenvalue weighted by molar-refractivity contribution is -0.0764. The van der Waals surface area contributed by atoms with Crippen LogP contribution < -0.4 is 14.2 Å². The third kappa shape index (κ3) is 5.15. The van der Waals surface area contributed by atoms with Crippen LogP contribution in [0.2, 0.25) is 0 Å². The van der Waals surface area contributed by atoms with Crippen LogP contribution in [0.4, 0.5) is 0 Å². The van der Waals surface area contributed by atoms with Gasteiger partial charge in [-0.15, -0.1) is 0 Å². The summed E-state index contributed by atoms with van der Waals surface area (Å²) in [6.07, 6.45) is -0.290. The molecule has 146 valence electrons. The lowest BCUT2D eigenvalue weighted by Crippen LogP contribution is -2.44. The normalized spacial score (nSPS) is 18.7. The van der Waals surface area contributed by atoms with Crippen LogP contribution in [0.15, 0.2) is 48.5 Å². The smallest absolute Gasteiger partial charge is 0.162 e. The molecule has 1 fully saturated rings. The van der Waals surface area contributed by atoms with Crippen molar-refractivity contribution >= 4 is 0 Å². The Hall–Kier alpha value is -2.24. The van der Waals surface area contributed by atoms with Gasteiger partial charge in [0.2, 0.25) is 0 Å². The average Bonchev–Trinajstić information content (AvgIpc) is 2.68. The van der Waals surface area contributed by atoms with Crippen molar-refractivity contribution in [2.24, 2.45) is 0 Å². The molecule has 2 aromatic carbocycles. The number of morpholine rings is 1. The minimum atomic E-state index is -0.231. The molecule has 5 nitrogen and oxygen atoms in total. The number of benzene rings is 2. The van der Waals surface area contributed by atoms with Gasteiger partial charge in [-0.2, -0.15) is 0 Å². The molecule has 0 bridgehead atoms. The highest BCUT2D eigenvalue weighted by Gasteiger charge is 2.30. The minimum Gasteiger partial charge on any atom is -0.494 e. The third-order valence-electron chi connectivity index (χ3n) is 4.56. The maximum atomic E-state index is 6.45. The van der Waals surface area contributed by atoms with Gasteiger partial charge in [-0.25, -0.2) is 0 Å². The molecule has 0 radical (unpaired) electrons. The molecule has 0 aliphatic carbocycles. The van der Waals surface area contributed by atoms with Crippen molar-refractivity contribution in [1.29, 1.82) is 0 Å². The van der Waals surface area contributed by atoms with Gasteiger partial charge in [0.25, 0.3) is 0 Å². The zero-order valence-corrected chi connectivity index (χ0v) is 16.4. The third-order valence-corrected chi connectivity index (χ3v) is 4.56. The summed E-state index contributed by atoms with van der Waals surface area (Å²) in [7, 11) is 2.11. The molecule has 0 spiro atoms. The zero-order chi connectivity index (χ0) is 19.1. The summed E-state index contributed by atoms with van der Waals surface area (Å²) < 4.78 is 23.8. The number of ether oxygens (including phenoxy) is 4. The summed E-state index contributed by atoms with van der Waals surface area (Å²) in [5.74, 6) is 2.34. The second-order valence-electron chi connectivity index (χ2n) is 6.59. The second-order valence-corrected chi connectivity index (χ2v) is 6.59. The van der Waals surface area contributed by atoms with E-state index < -0.39 is 0 Å². The lowest BCUT2D eigenvalue weighted by Gasteiger charge is -2.35. The molecule has 0 amide bonds. The second kappa shape index (κ2) is 9.62. The highest BCUT2D eigenvalue weighted by Crippen LogP contribution is 2.34. The topological polar surface area (TPSA) is 40.2 Å². The fourth-order valence-electron chi connectivity index (χ4n) is 3.23. The number of para-hydroxylation sites is 2. The highest BCUT2D eigenvalue weighted by molar-refractivity contribution is 5.40. The Kier molecular flexibility index (Phi) is 6.96. The predicted molar refractivity (Wildman–Crippen MR) is 106 cm³/mol. The highest BCUT2D eigenvalue weighted by atomic mass is 16.6. The zero-order valence-electron chi connectivity index (χ0n) is 16.4. The van der Waals surface area contributed by atoms with E-state index in [1.165, 1.54) is 0 Å². The number of likely N-dealkylation sites (N-methyl/N-ethyl adjacent to an activating group) is 1. The molecule has 0 aromatic heterocycles. The van der Waals surface area contributed by atoms with Gasteiger partial charge in [0.05, 0.1) is 19.8 Å². The van der Waals surface area contributed by atoms with Crippen LogP contribution in [0.3, 0.4) is 0 Å². The summed E-state index contributed by atoms with van der Waals surface area (Å²) in [5, 5.41) is 0. The molecule has 1 aliphatic heterocycles. The van der Waals surface area contributed by atoms with Crippen LogP contribution in [0, 0.1) is 0 Å². The number of rotatable bonds is 8. The van der Waals surface area contributed by atoms with Crippen molar-refractivity contribution in [2.45, 2.75) is 26.1 Å². The van der Waals surface area contributed by atoms with Crippen molar-refractivity contribution in [3.05, 3.63) is 54.1 Å². The monoisotopic (exact) mass is 371 g/mol. The SMILES string of the molecule is CCOc1ccc(C(Oc2ccccc2OCC)C2CN(C)CCO2)cc1. The molecule has 0 saturated carbocycles. The van der Waals surface area contributed by atoms with Gasteiger partial charge in [0.1, 0.15) is 11.9 Å². The Morgan fingerprint density at radius 1 is 1.00 bits per heavy atom. The molecule has 1 saturated heterocycles. The van der Waals surface area contributed by atoms with Gasteiger partial charge in [-0.3, -0.25) is 0 Å². The molecule has 0 N–H and O–H groups in total. The van der Waals surface area contributed by atoms with Crippen LogP contribution in [-0.4, -0.2) is 51.0 Å². The minimum absolute atomic E-state index is 0.0589. The van der Waals surface area contributed by atoms with E-state index in [2.05, 4.69) is 24.1 Å². The fourth-order valence-corrected chi connectivity index (χ4v) is 3.23. The first-order valence-electron chi connectivity index (χ1n) is 9.62. The molecule has 5 heteroatoms. The summed E-state index contributed by atoms with van der Waals surface area (Å²) >= 11 is 0. The van der Waals surface area contributed by atoms with Crippen LogP contribution >= 0.6 is 0 Å². The van der Waals surface area contributed by atoms with E-state index in [0.29, 0.717) is 19.8 Å². The fraction of sp³-hybridized carbons (Fsp3) is 0.455. The molecular weight excluding hydrogens is 342 g/mol. The maximum absolute atomic E-state index is 6.45. The van der Waals surface area contributed by atoms with Crippen molar-refractivity contribution in [3.63, 3.8) is 0 Å². The Balaban J connectivity index is 1.88. The van der Waals surface area contributed by atoms with Gasteiger partial charge < -0.3 is 23.8 Å². The first kappa shape index (κ1) is 19.5. The molecule has 2 atom stereocenters. The van der Waals surface area contributed by atoms with E-state index in [1.54, 1.807) is 0 Å². The van der Waals surface area contributed by atoms with Gasteiger partial charge in [-0.05, 0) is 50.7 Å². The van der Waals surface area contributed by atoms with Gasteiger partial charge in [-0.1, -0.05) is 24.3 Å². The largest absolute Gasteiger partial charge is 0.494 e. The summed E-state index contributed by atoms with van der Waals surface area (Å²) in [6, 6.07) is 15.9. The van der Waals surface area contributed by atoms with E-state index in [-0.39, 0.29) is 12.2 Å². The molecule has 27 heavy (non-hydrogen) atoms. The summed E-state index contributed by atoms with van der Waals surface area (Å²) in [4.78, 5) is 2.27. The summed E-state index contributed by atoms with van der Waals surface area (Å²) in [5.41, 5.74) is 1.06.